The lowest BCUT2D eigenvalue weighted by atomic mass is 9.71. The Balaban J connectivity index is 1.94. The van der Waals surface area contributed by atoms with Gasteiger partial charge >= 0.3 is 12.4 Å². The van der Waals surface area contributed by atoms with Gasteiger partial charge < -0.3 is 10.1 Å². The Hall–Kier alpha value is -4.32. The van der Waals surface area contributed by atoms with Crippen LogP contribution in [0.5, 0.6) is 0 Å². The molecule has 1 amide bonds. The van der Waals surface area contributed by atoms with Crippen molar-refractivity contribution in [2.45, 2.75) is 29.8 Å². The van der Waals surface area contributed by atoms with Crippen LogP contribution < -0.4 is 5.32 Å². The molecule has 1 heterocycles. The standard InChI is InChI=1S/C31H24F8N2O2/c1-43-29(31(37,38)39,21-10-6-3-7-11-21)27(42)41-19-28(17-20-8-4-2-5-9-20,26-13-12-24(32)18-40-26)22-14-23(30(34,35)36)16-25(33)15-22/h2-16,18H,17,19H2,1H3,(H,41,42). The third-order valence-electron chi connectivity index (χ3n) is 7.10. The van der Waals surface area contributed by atoms with Crippen molar-refractivity contribution in [3.05, 3.63) is 137 Å². The first-order valence-corrected chi connectivity index (χ1v) is 12.7. The number of carbonyl (C=O) groups is 1. The van der Waals surface area contributed by atoms with E-state index in [2.05, 4.69) is 10.3 Å². The maximum atomic E-state index is 14.8. The molecule has 4 rings (SSSR count). The van der Waals surface area contributed by atoms with Crippen LogP contribution in [0.15, 0.2) is 97.2 Å². The average molecular weight is 609 g/mol. The van der Waals surface area contributed by atoms with Crippen molar-refractivity contribution in [3.8, 4) is 0 Å². The number of alkyl halides is 6. The van der Waals surface area contributed by atoms with E-state index in [1.165, 1.54) is 18.2 Å². The molecule has 0 aliphatic heterocycles. The van der Waals surface area contributed by atoms with E-state index in [0.29, 0.717) is 18.7 Å². The largest absolute Gasteiger partial charge is 0.430 e. The fourth-order valence-corrected chi connectivity index (χ4v) is 5.01. The summed E-state index contributed by atoms with van der Waals surface area (Å²) in [7, 11) is 0.695. The van der Waals surface area contributed by atoms with E-state index in [9.17, 15) is 39.9 Å². The van der Waals surface area contributed by atoms with Crippen molar-refractivity contribution in [3.63, 3.8) is 0 Å². The first kappa shape index (κ1) is 31.6. The van der Waals surface area contributed by atoms with Crippen LogP contribution in [0.4, 0.5) is 35.1 Å². The second-order valence-electron chi connectivity index (χ2n) is 9.76. The van der Waals surface area contributed by atoms with Gasteiger partial charge in [0.25, 0.3) is 11.5 Å². The van der Waals surface area contributed by atoms with Gasteiger partial charge in [0.15, 0.2) is 0 Å². The summed E-state index contributed by atoms with van der Waals surface area (Å²) in [5.74, 6) is -3.78. The fourth-order valence-electron chi connectivity index (χ4n) is 5.01. The first-order chi connectivity index (χ1) is 20.2. The van der Waals surface area contributed by atoms with Gasteiger partial charge in [0.05, 0.1) is 22.9 Å². The van der Waals surface area contributed by atoms with Gasteiger partial charge in [-0.1, -0.05) is 60.7 Å². The van der Waals surface area contributed by atoms with Crippen LogP contribution in [0.2, 0.25) is 0 Å². The molecule has 1 N–H and O–H groups in total. The van der Waals surface area contributed by atoms with Gasteiger partial charge in [-0.25, -0.2) is 8.78 Å². The molecule has 4 aromatic rings. The minimum atomic E-state index is -5.29. The molecule has 0 radical (unpaired) electrons. The number of hydrogen-bond acceptors (Lipinski definition) is 3. The maximum absolute atomic E-state index is 14.8. The molecule has 0 spiro atoms. The molecule has 1 aromatic heterocycles. The number of aromatic nitrogens is 1. The second-order valence-corrected chi connectivity index (χ2v) is 9.76. The van der Waals surface area contributed by atoms with Gasteiger partial charge in [-0.2, -0.15) is 26.3 Å². The molecule has 0 fully saturated rings. The Morgan fingerprint density at radius 3 is 1.91 bits per heavy atom. The molecular weight excluding hydrogens is 584 g/mol. The van der Waals surface area contributed by atoms with Crippen molar-refractivity contribution in [1.29, 1.82) is 0 Å². The van der Waals surface area contributed by atoms with E-state index >= 15 is 0 Å². The highest BCUT2D eigenvalue weighted by Gasteiger charge is 2.62. The zero-order valence-corrected chi connectivity index (χ0v) is 22.4. The average Bonchev–Trinajstić information content (AvgIpc) is 2.96. The SMILES string of the molecule is COC(C(=O)NCC(Cc1ccccc1)(c1cc(F)cc(C(F)(F)F)c1)c1ccc(F)cn1)(c1ccccc1)C(F)(F)F. The molecule has 43 heavy (non-hydrogen) atoms. The monoisotopic (exact) mass is 608 g/mol. The molecular formula is C31H24F8N2O2. The molecule has 3 aromatic carbocycles. The molecule has 0 bridgehead atoms. The van der Waals surface area contributed by atoms with Crippen LogP contribution in [0.25, 0.3) is 0 Å². The molecule has 2 atom stereocenters. The van der Waals surface area contributed by atoms with Gasteiger partial charge in [-0.15, -0.1) is 0 Å². The third-order valence-corrected chi connectivity index (χ3v) is 7.10. The summed E-state index contributed by atoms with van der Waals surface area (Å²) in [6.45, 7) is -0.811. The third kappa shape index (κ3) is 6.38. The molecule has 0 aliphatic rings. The molecule has 0 saturated carbocycles. The number of amides is 1. The lowest BCUT2D eigenvalue weighted by Crippen LogP contribution is -2.58. The number of halogens is 8. The van der Waals surface area contributed by atoms with Gasteiger partial charge in [-0.05, 0) is 47.9 Å². The Labute approximate surface area is 241 Å². The van der Waals surface area contributed by atoms with Crippen molar-refractivity contribution < 1.29 is 44.7 Å². The van der Waals surface area contributed by atoms with E-state index in [0.717, 1.165) is 36.5 Å². The number of nitrogens with zero attached hydrogens (tertiary/aromatic N) is 1. The van der Waals surface area contributed by atoms with E-state index in [1.807, 2.05) is 0 Å². The smallest absolute Gasteiger partial charge is 0.356 e. The maximum Gasteiger partial charge on any atom is 0.430 e. The van der Waals surface area contributed by atoms with E-state index in [1.54, 1.807) is 30.3 Å². The Morgan fingerprint density at radius 2 is 1.37 bits per heavy atom. The predicted octanol–water partition coefficient (Wildman–Crippen LogP) is 7.13. The van der Waals surface area contributed by atoms with Crippen LogP contribution in [0.3, 0.4) is 0 Å². The Kier molecular flexibility index (Phi) is 8.91. The van der Waals surface area contributed by atoms with Gasteiger partial charge in [0.1, 0.15) is 11.6 Å². The van der Waals surface area contributed by atoms with E-state index < -0.39 is 58.6 Å². The summed E-state index contributed by atoms with van der Waals surface area (Å²) in [5, 5.41) is 2.21. The van der Waals surface area contributed by atoms with Crippen LogP contribution in [-0.4, -0.2) is 30.7 Å². The van der Waals surface area contributed by atoms with Crippen molar-refractivity contribution in [1.82, 2.24) is 10.3 Å². The number of pyridine rings is 1. The van der Waals surface area contributed by atoms with Crippen molar-refractivity contribution in [2.24, 2.45) is 0 Å². The number of nitrogens with one attached hydrogen (secondary N) is 1. The molecule has 12 heteroatoms. The van der Waals surface area contributed by atoms with Crippen molar-refractivity contribution in [2.75, 3.05) is 13.7 Å². The molecule has 0 aliphatic carbocycles. The van der Waals surface area contributed by atoms with Crippen LogP contribution in [0, 0.1) is 11.6 Å². The van der Waals surface area contributed by atoms with Crippen LogP contribution >= 0.6 is 0 Å². The summed E-state index contributed by atoms with van der Waals surface area (Å²) < 4.78 is 119. The first-order valence-electron chi connectivity index (χ1n) is 12.7. The number of benzene rings is 3. The van der Waals surface area contributed by atoms with Crippen LogP contribution in [-0.2, 0) is 33.1 Å². The Morgan fingerprint density at radius 1 is 0.767 bits per heavy atom. The lowest BCUT2D eigenvalue weighted by Gasteiger charge is -2.38. The number of hydrogen-bond donors (Lipinski definition) is 1. The van der Waals surface area contributed by atoms with Crippen molar-refractivity contribution >= 4 is 5.91 Å². The quantitative estimate of drug-likeness (QED) is 0.206. The zero-order chi connectivity index (χ0) is 31.5. The molecule has 4 nitrogen and oxygen atoms in total. The highest BCUT2D eigenvalue weighted by Crippen LogP contribution is 2.43. The van der Waals surface area contributed by atoms with Gasteiger partial charge in [0.2, 0.25) is 0 Å². The van der Waals surface area contributed by atoms with Crippen LogP contribution in [0.1, 0.15) is 27.9 Å². The summed E-state index contributed by atoms with van der Waals surface area (Å²) in [6.07, 6.45) is -9.79. The summed E-state index contributed by atoms with van der Waals surface area (Å²) in [5.41, 5.74) is -7.40. The molecule has 2 unspecified atom stereocenters. The highest BCUT2D eigenvalue weighted by molar-refractivity contribution is 5.88. The summed E-state index contributed by atoms with van der Waals surface area (Å²) >= 11 is 0. The molecule has 226 valence electrons. The second kappa shape index (κ2) is 12.1. The minimum Gasteiger partial charge on any atom is -0.356 e. The normalized spacial score (nSPS) is 14.9. The zero-order valence-electron chi connectivity index (χ0n) is 22.4. The Bertz CT molecular complexity index is 1540. The predicted molar refractivity (Wildman–Crippen MR) is 141 cm³/mol. The number of carbonyl (C=O) groups excluding carboxylic acids is 1. The van der Waals surface area contributed by atoms with Gasteiger partial charge in [-0.3, -0.25) is 9.78 Å². The number of rotatable bonds is 9. The van der Waals surface area contributed by atoms with Gasteiger partial charge in [0, 0.05) is 19.2 Å². The fraction of sp³-hybridized carbons (Fsp3) is 0.226. The summed E-state index contributed by atoms with van der Waals surface area (Å²) in [4.78, 5) is 17.6. The topological polar surface area (TPSA) is 51.2 Å². The van der Waals surface area contributed by atoms with E-state index in [4.69, 9.17) is 4.74 Å². The highest BCUT2D eigenvalue weighted by atomic mass is 19.4. The number of methoxy groups -OCH3 is 1. The van der Waals surface area contributed by atoms with E-state index in [-0.39, 0.29) is 23.7 Å². The lowest BCUT2D eigenvalue weighted by molar-refractivity contribution is -0.265. The number of ether oxygens (including phenoxy) is 1. The molecule has 0 saturated heterocycles. The minimum absolute atomic E-state index is 0.133. The summed E-state index contributed by atoms with van der Waals surface area (Å²) in [6, 6.07) is 17.9.